The number of nitrogen functional groups attached to an aromatic ring is 1. The Morgan fingerprint density at radius 2 is 2.29 bits per heavy atom. The Morgan fingerprint density at radius 1 is 1.43 bits per heavy atom. The van der Waals surface area contributed by atoms with E-state index < -0.39 is 0 Å². The van der Waals surface area contributed by atoms with Crippen LogP contribution in [0.4, 0.5) is 5.82 Å². The molecule has 3 N–H and O–H groups in total. The van der Waals surface area contributed by atoms with Gasteiger partial charge in [0.1, 0.15) is 5.82 Å². The number of nitrogens with zero attached hydrogens (tertiary/aromatic N) is 1. The monoisotopic (exact) mass is 285 g/mol. The van der Waals surface area contributed by atoms with Crippen molar-refractivity contribution in [1.82, 2.24) is 10.3 Å². The molecule has 3 rings (SSSR count). The van der Waals surface area contributed by atoms with Gasteiger partial charge >= 0.3 is 0 Å². The van der Waals surface area contributed by atoms with Crippen LogP contribution in [-0.2, 0) is 4.74 Å². The summed E-state index contributed by atoms with van der Waals surface area (Å²) in [5.74, 6) is 0.826. The molecule has 0 saturated carbocycles. The second kappa shape index (κ2) is 6.10. The number of hydrogen-bond donors (Lipinski definition) is 2. The van der Waals surface area contributed by atoms with Crippen molar-refractivity contribution < 1.29 is 9.53 Å². The smallest absolute Gasteiger partial charge is 0.252 e. The number of anilines is 1. The number of carbonyl (C=O) groups is 1. The first-order chi connectivity index (χ1) is 10.2. The molecule has 2 aromatic rings. The molecular weight excluding hydrogens is 266 g/mol. The van der Waals surface area contributed by atoms with Crippen LogP contribution in [0.2, 0.25) is 0 Å². The van der Waals surface area contributed by atoms with Gasteiger partial charge < -0.3 is 15.8 Å². The molecule has 1 aromatic carbocycles. The standard InChI is InChI=1S/C16H19N3O2/c17-15-9-13(12-3-1-2-4-14(12)19-15)16(20)18-7-5-11-6-8-21-10-11/h1-4,9,11H,5-8,10H2,(H2,17,19)(H,18,20). The normalized spacial score (nSPS) is 18.0. The number of nitrogens with two attached hydrogens (primary N) is 1. The molecule has 2 heterocycles. The minimum atomic E-state index is -0.0979. The van der Waals surface area contributed by atoms with Gasteiger partial charge in [0.05, 0.1) is 11.1 Å². The van der Waals surface area contributed by atoms with Crippen molar-refractivity contribution in [3.63, 3.8) is 0 Å². The summed E-state index contributed by atoms with van der Waals surface area (Å²) in [5, 5.41) is 3.79. The highest BCUT2D eigenvalue weighted by atomic mass is 16.5. The second-order valence-corrected chi connectivity index (χ2v) is 5.39. The van der Waals surface area contributed by atoms with Crippen molar-refractivity contribution in [2.45, 2.75) is 12.8 Å². The summed E-state index contributed by atoms with van der Waals surface area (Å²) in [6.45, 7) is 2.30. The number of para-hydroxylation sites is 1. The van der Waals surface area contributed by atoms with Crippen molar-refractivity contribution in [1.29, 1.82) is 0 Å². The minimum Gasteiger partial charge on any atom is -0.384 e. The zero-order chi connectivity index (χ0) is 14.7. The van der Waals surface area contributed by atoms with Gasteiger partial charge in [0.2, 0.25) is 0 Å². The Labute approximate surface area is 123 Å². The highest BCUT2D eigenvalue weighted by molar-refractivity contribution is 6.06. The van der Waals surface area contributed by atoms with Gasteiger partial charge in [-0.1, -0.05) is 18.2 Å². The summed E-state index contributed by atoms with van der Waals surface area (Å²) in [6, 6.07) is 9.17. The average molecular weight is 285 g/mol. The first-order valence-electron chi connectivity index (χ1n) is 7.25. The summed E-state index contributed by atoms with van der Waals surface area (Å²) >= 11 is 0. The topological polar surface area (TPSA) is 77.2 Å². The maximum absolute atomic E-state index is 12.4. The lowest BCUT2D eigenvalue weighted by molar-refractivity contribution is 0.0952. The number of fused-ring (bicyclic) bond motifs is 1. The maximum Gasteiger partial charge on any atom is 0.252 e. The van der Waals surface area contributed by atoms with Gasteiger partial charge in [-0.2, -0.15) is 0 Å². The summed E-state index contributed by atoms with van der Waals surface area (Å²) in [4.78, 5) is 16.6. The summed E-state index contributed by atoms with van der Waals surface area (Å²) in [6.07, 6.45) is 2.03. The lowest BCUT2D eigenvalue weighted by atomic mass is 10.0. The lowest BCUT2D eigenvalue weighted by Crippen LogP contribution is -2.26. The van der Waals surface area contributed by atoms with Gasteiger partial charge in [-0.25, -0.2) is 4.98 Å². The highest BCUT2D eigenvalue weighted by Crippen LogP contribution is 2.20. The first-order valence-corrected chi connectivity index (χ1v) is 7.25. The molecule has 1 atom stereocenters. The van der Waals surface area contributed by atoms with E-state index in [4.69, 9.17) is 10.5 Å². The molecule has 5 nitrogen and oxygen atoms in total. The molecule has 21 heavy (non-hydrogen) atoms. The van der Waals surface area contributed by atoms with E-state index in [-0.39, 0.29) is 5.91 Å². The fourth-order valence-corrected chi connectivity index (χ4v) is 2.68. The van der Waals surface area contributed by atoms with Crippen molar-refractivity contribution in [2.75, 3.05) is 25.5 Å². The number of ether oxygens (including phenoxy) is 1. The Bertz CT molecular complexity index is 651. The molecule has 0 spiro atoms. The van der Waals surface area contributed by atoms with Gasteiger partial charge in [0.25, 0.3) is 5.91 Å². The summed E-state index contributed by atoms with van der Waals surface area (Å²) < 4.78 is 5.34. The van der Waals surface area contributed by atoms with Crippen LogP contribution in [0.25, 0.3) is 10.9 Å². The van der Waals surface area contributed by atoms with E-state index in [0.717, 1.165) is 37.0 Å². The van der Waals surface area contributed by atoms with E-state index in [1.54, 1.807) is 6.07 Å². The Hall–Kier alpha value is -2.14. The lowest BCUT2D eigenvalue weighted by Gasteiger charge is -2.10. The SMILES string of the molecule is Nc1cc(C(=O)NCCC2CCOC2)c2ccccc2n1. The summed E-state index contributed by atoms with van der Waals surface area (Å²) in [5.41, 5.74) is 7.11. The number of hydrogen-bond acceptors (Lipinski definition) is 4. The van der Waals surface area contributed by atoms with Crippen molar-refractivity contribution in [3.05, 3.63) is 35.9 Å². The Balaban J connectivity index is 1.71. The second-order valence-electron chi connectivity index (χ2n) is 5.39. The third-order valence-corrected chi connectivity index (χ3v) is 3.84. The maximum atomic E-state index is 12.4. The molecule has 0 radical (unpaired) electrons. The minimum absolute atomic E-state index is 0.0979. The largest absolute Gasteiger partial charge is 0.384 e. The van der Waals surface area contributed by atoms with Gasteiger partial charge in [-0.3, -0.25) is 4.79 Å². The first kappa shape index (κ1) is 13.8. The third kappa shape index (κ3) is 3.13. The summed E-state index contributed by atoms with van der Waals surface area (Å²) in [7, 11) is 0. The zero-order valence-corrected chi connectivity index (χ0v) is 11.8. The molecule has 0 aliphatic carbocycles. The number of amides is 1. The van der Waals surface area contributed by atoms with Crippen LogP contribution in [0, 0.1) is 5.92 Å². The highest BCUT2D eigenvalue weighted by Gasteiger charge is 2.16. The van der Waals surface area contributed by atoms with Crippen LogP contribution in [0.5, 0.6) is 0 Å². The van der Waals surface area contributed by atoms with Crippen molar-refractivity contribution in [3.8, 4) is 0 Å². The zero-order valence-electron chi connectivity index (χ0n) is 11.8. The Kier molecular flexibility index (Phi) is 4.01. The molecule has 1 aromatic heterocycles. The van der Waals surface area contributed by atoms with E-state index in [2.05, 4.69) is 10.3 Å². The number of rotatable bonds is 4. The molecule has 5 heteroatoms. The van der Waals surface area contributed by atoms with E-state index in [9.17, 15) is 4.79 Å². The van der Waals surface area contributed by atoms with Crippen LogP contribution in [0.1, 0.15) is 23.2 Å². The Morgan fingerprint density at radius 3 is 3.10 bits per heavy atom. The molecule has 110 valence electrons. The van der Waals surface area contributed by atoms with Crippen molar-refractivity contribution >= 4 is 22.6 Å². The molecule has 1 fully saturated rings. The van der Waals surface area contributed by atoms with E-state index in [1.807, 2.05) is 24.3 Å². The van der Waals surface area contributed by atoms with Gasteiger partial charge in [0, 0.05) is 25.1 Å². The van der Waals surface area contributed by atoms with E-state index in [0.29, 0.717) is 23.8 Å². The molecule has 1 aliphatic heterocycles. The fourth-order valence-electron chi connectivity index (χ4n) is 2.68. The molecule has 1 aliphatic rings. The molecule has 0 bridgehead atoms. The van der Waals surface area contributed by atoms with Crippen LogP contribution >= 0.6 is 0 Å². The van der Waals surface area contributed by atoms with Crippen LogP contribution in [-0.4, -0.2) is 30.6 Å². The molecule has 1 unspecified atom stereocenters. The van der Waals surface area contributed by atoms with Gasteiger partial charge in [-0.15, -0.1) is 0 Å². The van der Waals surface area contributed by atoms with Gasteiger partial charge in [-0.05, 0) is 30.9 Å². The number of benzene rings is 1. The fraction of sp³-hybridized carbons (Fsp3) is 0.375. The molecule has 1 amide bonds. The van der Waals surface area contributed by atoms with E-state index >= 15 is 0 Å². The molecular formula is C16H19N3O2. The third-order valence-electron chi connectivity index (χ3n) is 3.84. The number of nitrogens with one attached hydrogen (secondary N) is 1. The van der Waals surface area contributed by atoms with Crippen LogP contribution < -0.4 is 11.1 Å². The van der Waals surface area contributed by atoms with E-state index in [1.165, 1.54) is 0 Å². The quantitative estimate of drug-likeness (QED) is 0.900. The van der Waals surface area contributed by atoms with Crippen LogP contribution in [0.15, 0.2) is 30.3 Å². The van der Waals surface area contributed by atoms with Crippen LogP contribution in [0.3, 0.4) is 0 Å². The predicted octanol–water partition coefficient (Wildman–Crippen LogP) is 1.97. The average Bonchev–Trinajstić information content (AvgIpc) is 2.99. The number of pyridine rings is 1. The van der Waals surface area contributed by atoms with Crippen molar-refractivity contribution in [2.24, 2.45) is 5.92 Å². The number of carbonyl (C=O) groups excluding carboxylic acids is 1. The van der Waals surface area contributed by atoms with Gasteiger partial charge in [0.15, 0.2) is 0 Å². The predicted molar refractivity (Wildman–Crippen MR) is 82.0 cm³/mol. The molecule has 1 saturated heterocycles. The number of aromatic nitrogens is 1.